The van der Waals surface area contributed by atoms with Crippen molar-refractivity contribution in [3.63, 3.8) is 0 Å². The van der Waals surface area contributed by atoms with Crippen LogP contribution in [0.15, 0.2) is 303 Å². The first kappa shape index (κ1) is 50.8. The summed E-state index contributed by atoms with van der Waals surface area (Å²) < 4.78 is 9.64. The SMILES string of the molecule is [C-]#[N+]c1ccccc1-c1ccc(-n2c3ccccc3c3cc4c5ccccc5n(-c5ccccc5)c4cc32)c(-c2ccc(-n3c4ccccc4c4cc5c6ccccc6n(-c6ccccc6)c5cc43)c(-c3nc(-c4ccccc4)nc(-c4ccccc4)n3)c2)c1. The van der Waals surface area contributed by atoms with E-state index in [-0.39, 0.29) is 0 Å². The third-order valence-corrected chi connectivity index (χ3v) is 18.0. The minimum Gasteiger partial charge on any atom is -0.309 e. The Morgan fingerprint density at radius 3 is 1.03 bits per heavy atom. The fourth-order valence-electron chi connectivity index (χ4n) is 14.0. The van der Waals surface area contributed by atoms with Crippen LogP contribution in [0.5, 0.6) is 0 Å². The summed E-state index contributed by atoms with van der Waals surface area (Å²) in [5.74, 6) is 1.65. The zero-order chi connectivity index (χ0) is 59.4. The Kier molecular flexibility index (Phi) is 11.5. The molecule has 18 aromatic rings. The summed E-state index contributed by atoms with van der Waals surface area (Å²) in [4.78, 5) is 20.4. The van der Waals surface area contributed by atoms with Crippen LogP contribution in [-0.4, -0.2) is 33.2 Å². The molecule has 18 rings (SSSR count). The molecule has 5 aromatic heterocycles. The minimum atomic E-state index is 0.522. The highest BCUT2D eigenvalue weighted by molar-refractivity contribution is 6.21. The molecule has 0 aliphatic heterocycles. The fraction of sp³-hybridized carbons (Fsp3) is 0. The molecule has 0 bridgehead atoms. The first-order valence-corrected chi connectivity index (χ1v) is 30.3. The molecule has 0 atom stereocenters. The summed E-state index contributed by atoms with van der Waals surface area (Å²) in [6.45, 7) is 8.39. The fourth-order valence-corrected chi connectivity index (χ4v) is 14.0. The van der Waals surface area contributed by atoms with Crippen LogP contribution in [0, 0.1) is 6.57 Å². The van der Waals surface area contributed by atoms with Crippen molar-refractivity contribution in [2.75, 3.05) is 0 Å². The Hall–Kier alpha value is -12.4. The number of rotatable bonds is 9. The highest BCUT2D eigenvalue weighted by Crippen LogP contribution is 2.46. The zero-order valence-electron chi connectivity index (χ0n) is 48.4. The molecule has 0 unspecified atom stereocenters. The standard InChI is InChI=1S/C82H50N8/c1-83-69-37-19-14-32-58(69)54-42-44-74(89-72-40-22-17-35-61(72)66-48-64-59-33-15-20-38-70(59)87(76(64)50-78(66)89)56-28-10-4-11-29-56)63(46-54)55-43-45-75(68(47-55)82-85-80(52-24-6-2-7-25-52)84-81(86-82)53-26-8-3-9-27-53)90-73-41-23-18-36-62(73)67-49-65-60-34-16-21-39-71(60)88(77(65)51-79(67)90)57-30-12-5-13-31-57/h2-51H. The van der Waals surface area contributed by atoms with Crippen LogP contribution in [0.3, 0.4) is 0 Å². The molecule has 0 aliphatic rings. The number of hydrogen-bond donors (Lipinski definition) is 0. The largest absolute Gasteiger partial charge is 0.309 e. The smallest absolute Gasteiger partial charge is 0.194 e. The van der Waals surface area contributed by atoms with Crippen LogP contribution < -0.4 is 0 Å². The van der Waals surface area contributed by atoms with Gasteiger partial charge in [-0.2, -0.15) is 0 Å². The van der Waals surface area contributed by atoms with Gasteiger partial charge in [-0.1, -0.05) is 206 Å². The number of hydrogen-bond acceptors (Lipinski definition) is 3. The molecule has 0 aliphatic carbocycles. The maximum Gasteiger partial charge on any atom is 0.194 e. The van der Waals surface area contributed by atoms with Crippen molar-refractivity contribution in [1.82, 2.24) is 33.2 Å². The number of fused-ring (bicyclic) bond motifs is 12. The molecule has 0 amide bonds. The quantitative estimate of drug-likeness (QED) is 0.135. The zero-order valence-corrected chi connectivity index (χ0v) is 48.4. The predicted octanol–water partition coefficient (Wildman–Crippen LogP) is 21.1. The first-order chi connectivity index (χ1) is 44.6. The average molecular weight is 1150 g/mol. The molecule has 0 radical (unpaired) electrons. The van der Waals surface area contributed by atoms with Gasteiger partial charge in [0.25, 0.3) is 0 Å². The Morgan fingerprint density at radius 1 is 0.233 bits per heavy atom. The summed E-state index contributed by atoms with van der Waals surface area (Å²) >= 11 is 0. The Bertz CT molecular complexity index is 5910. The summed E-state index contributed by atoms with van der Waals surface area (Å²) in [6.07, 6.45) is 0. The maximum absolute atomic E-state index is 8.39. The van der Waals surface area contributed by atoms with E-state index in [0.717, 1.165) is 127 Å². The predicted molar refractivity (Wildman–Crippen MR) is 371 cm³/mol. The van der Waals surface area contributed by atoms with Crippen LogP contribution in [0.1, 0.15) is 0 Å². The van der Waals surface area contributed by atoms with Crippen LogP contribution in [0.4, 0.5) is 5.69 Å². The van der Waals surface area contributed by atoms with E-state index < -0.39 is 0 Å². The molecule has 8 nitrogen and oxygen atoms in total. The molecular formula is C82H50N8. The van der Waals surface area contributed by atoms with Gasteiger partial charge >= 0.3 is 0 Å². The molecule has 8 heteroatoms. The van der Waals surface area contributed by atoms with Gasteiger partial charge in [0, 0.05) is 76.7 Å². The van der Waals surface area contributed by atoms with Crippen molar-refractivity contribution in [3.8, 4) is 79.2 Å². The molecule has 418 valence electrons. The Labute approximate surface area is 517 Å². The highest BCUT2D eigenvalue weighted by atomic mass is 15.1. The van der Waals surface area contributed by atoms with Gasteiger partial charge in [0.1, 0.15) is 0 Å². The van der Waals surface area contributed by atoms with Crippen LogP contribution in [0.25, 0.3) is 171 Å². The normalized spacial score (nSPS) is 11.8. The maximum atomic E-state index is 8.39. The van der Waals surface area contributed by atoms with Gasteiger partial charge in [0.2, 0.25) is 0 Å². The van der Waals surface area contributed by atoms with Crippen LogP contribution in [-0.2, 0) is 0 Å². The summed E-state index contributed by atoms with van der Waals surface area (Å²) in [6, 6.07) is 108. The summed E-state index contributed by atoms with van der Waals surface area (Å²) in [7, 11) is 0. The topological polar surface area (TPSA) is 62.8 Å². The van der Waals surface area contributed by atoms with Crippen molar-refractivity contribution in [1.29, 1.82) is 0 Å². The second-order valence-electron chi connectivity index (χ2n) is 23.0. The van der Waals surface area contributed by atoms with Crippen molar-refractivity contribution in [2.24, 2.45) is 0 Å². The summed E-state index contributed by atoms with van der Waals surface area (Å²) in [5.41, 5.74) is 19.6. The third-order valence-electron chi connectivity index (χ3n) is 18.0. The van der Waals surface area contributed by atoms with Gasteiger partial charge in [-0.25, -0.2) is 19.8 Å². The number of nitrogens with zero attached hydrogens (tertiary/aromatic N) is 8. The van der Waals surface area contributed by atoms with E-state index in [1.165, 1.54) is 21.5 Å². The molecule has 5 heterocycles. The lowest BCUT2D eigenvalue weighted by molar-refractivity contribution is 1.06. The van der Waals surface area contributed by atoms with E-state index in [2.05, 4.69) is 272 Å². The van der Waals surface area contributed by atoms with Gasteiger partial charge in [-0.15, -0.1) is 0 Å². The van der Waals surface area contributed by atoms with Crippen molar-refractivity contribution >= 4 is 92.9 Å². The first-order valence-electron chi connectivity index (χ1n) is 30.3. The van der Waals surface area contributed by atoms with Crippen molar-refractivity contribution in [2.45, 2.75) is 0 Å². The van der Waals surface area contributed by atoms with E-state index in [0.29, 0.717) is 23.2 Å². The highest BCUT2D eigenvalue weighted by Gasteiger charge is 2.26. The molecular weight excluding hydrogens is 1100 g/mol. The molecule has 0 fully saturated rings. The van der Waals surface area contributed by atoms with Crippen LogP contribution >= 0.6 is 0 Å². The van der Waals surface area contributed by atoms with E-state index in [9.17, 15) is 0 Å². The van der Waals surface area contributed by atoms with Gasteiger partial charge in [0.05, 0.1) is 62.1 Å². The van der Waals surface area contributed by atoms with E-state index in [1.807, 2.05) is 54.6 Å². The third kappa shape index (κ3) is 7.90. The van der Waals surface area contributed by atoms with E-state index in [1.54, 1.807) is 0 Å². The number of para-hydroxylation sites is 7. The second-order valence-corrected chi connectivity index (χ2v) is 23.0. The van der Waals surface area contributed by atoms with Gasteiger partial charge in [0.15, 0.2) is 23.2 Å². The summed E-state index contributed by atoms with van der Waals surface area (Å²) in [5, 5.41) is 9.31. The lowest BCUT2D eigenvalue weighted by Crippen LogP contribution is -2.05. The van der Waals surface area contributed by atoms with Crippen molar-refractivity contribution in [3.05, 3.63) is 315 Å². The molecule has 13 aromatic carbocycles. The lowest BCUT2D eigenvalue weighted by atomic mass is 9.94. The molecule has 0 N–H and O–H groups in total. The average Bonchev–Trinajstić information content (AvgIpc) is 1.61. The molecule has 0 saturated carbocycles. The second kappa shape index (κ2) is 20.3. The Morgan fingerprint density at radius 2 is 0.578 bits per heavy atom. The lowest BCUT2D eigenvalue weighted by Gasteiger charge is -2.19. The van der Waals surface area contributed by atoms with Gasteiger partial charge in [-0.05, 0) is 114 Å². The van der Waals surface area contributed by atoms with E-state index >= 15 is 0 Å². The van der Waals surface area contributed by atoms with Crippen molar-refractivity contribution < 1.29 is 0 Å². The number of benzene rings is 13. The van der Waals surface area contributed by atoms with E-state index in [4.69, 9.17) is 21.5 Å². The minimum absolute atomic E-state index is 0.522. The van der Waals surface area contributed by atoms with Gasteiger partial charge in [-0.3, -0.25) is 0 Å². The molecule has 0 saturated heterocycles. The monoisotopic (exact) mass is 1150 g/mol. The molecule has 0 spiro atoms. The van der Waals surface area contributed by atoms with Crippen LogP contribution in [0.2, 0.25) is 0 Å². The number of aromatic nitrogens is 7. The molecule has 90 heavy (non-hydrogen) atoms. The Balaban J connectivity index is 0.962. The van der Waals surface area contributed by atoms with Gasteiger partial charge < -0.3 is 18.3 Å².